The fourth-order valence-corrected chi connectivity index (χ4v) is 3.55. The number of hydrogen-bond acceptors (Lipinski definition) is 4. The highest BCUT2D eigenvalue weighted by Crippen LogP contribution is 2.23. The number of ether oxygens (including phenoxy) is 1. The maximum Gasteiger partial charge on any atom is 0.228 e. The molecule has 6 nitrogen and oxygen atoms in total. The molecule has 0 aliphatic carbocycles. The summed E-state index contributed by atoms with van der Waals surface area (Å²) in [5, 5.41) is 0. The van der Waals surface area contributed by atoms with Crippen LogP contribution in [0.3, 0.4) is 0 Å². The second-order valence-electron chi connectivity index (χ2n) is 6.59. The Bertz CT molecular complexity index is 646. The molecule has 1 aromatic carbocycles. The van der Waals surface area contributed by atoms with Gasteiger partial charge in [-0.1, -0.05) is 30.3 Å². The summed E-state index contributed by atoms with van der Waals surface area (Å²) in [7, 11) is 0. The van der Waals surface area contributed by atoms with Gasteiger partial charge >= 0.3 is 0 Å². The summed E-state index contributed by atoms with van der Waals surface area (Å²) in [6, 6.07) is 8.83. The molecule has 0 saturated carbocycles. The Morgan fingerprint density at radius 3 is 2.68 bits per heavy atom. The highest BCUT2D eigenvalue weighted by molar-refractivity contribution is 5.97. The van der Waals surface area contributed by atoms with Crippen LogP contribution in [0.4, 0.5) is 0 Å². The van der Waals surface area contributed by atoms with Crippen molar-refractivity contribution in [3.8, 4) is 0 Å². The van der Waals surface area contributed by atoms with Gasteiger partial charge in [0.05, 0.1) is 25.2 Å². The molecule has 0 unspecified atom stereocenters. The lowest BCUT2D eigenvalue weighted by molar-refractivity contribution is -0.144. The number of likely N-dealkylation sites (tertiary alicyclic amines) is 1. The van der Waals surface area contributed by atoms with Crippen molar-refractivity contribution < 1.29 is 19.1 Å². The van der Waals surface area contributed by atoms with Crippen molar-refractivity contribution in [3.63, 3.8) is 0 Å². The topological polar surface area (TPSA) is 66.9 Å². The lowest BCUT2D eigenvalue weighted by Crippen LogP contribution is -2.51. The second kappa shape index (κ2) is 7.78. The number of rotatable bonds is 5. The zero-order chi connectivity index (χ0) is 17.8. The Kier molecular flexibility index (Phi) is 5.48. The molecule has 0 spiro atoms. The van der Waals surface area contributed by atoms with E-state index < -0.39 is 0 Å². The van der Waals surface area contributed by atoms with Crippen LogP contribution in [0.25, 0.3) is 0 Å². The van der Waals surface area contributed by atoms with Gasteiger partial charge in [0.15, 0.2) is 5.78 Å². The zero-order valence-electron chi connectivity index (χ0n) is 14.5. The molecule has 2 aliphatic rings. The van der Waals surface area contributed by atoms with E-state index in [1.54, 1.807) is 21.9 Å². The summed E-state index contributed by atoms with van der Waals surface area (Å²) in [6.45, 7) is 4.33. The summed E-state index contributed by atoms with van der Waals surface area (Å²) in [5.74, 6) is -0.295. The molecule has 2 heterocycles. The van der Waals surface area contributed by atoms with Gasteiger partial charge in [-0.05, 0) is 6.92 Å². The van der Waals surface area contributed by atoms with Gasteiger partial charge in [0.1, 0.15) is 0 Å². The monoisotopic (exact) mass is 344 g/mol. The molecular weight excluding hydrogens is 320 g/mol. The van der Waals surface area contributed by atoms with Crippen molar-refractivity contribution in [2.24, 2.45) is 5.92 Å². The number of Topliss-reactive ketones (excluding diaryl/α,β-unsaturated/α-hetero) is 1. The minimum absolute atomic E-state index is 0.00610. The van der Waals surface area contributed by atoms with E-state index in [0.717, 1.165) is 0 Å². The minimum Gasteiger partial charge on any atom is -0.377 e. The first-order valence-corrected chi connectivity index (χ1v) is 8.84. The molecule has 6 heteroatoms. The Morgan fingerprint density at radius 2 is 2.00 bits per heavy atom. The maximum absolute atomic E-state index is 12.9. The first-order valence-electron chi connectivity index (χ1n) is 8.84. The summed E-state index contributed by atoms with van der Waals surface area (Å²) < 4.78 is 5.50. The van der Waals surface area contributed by atoms with Gasteiger partial charge in [0, 0.05) is 38.0 Å². The van der Waals surface area contributed by atoms with Gasteiger partial charge in [-0.15, -0.1) is 0 Å². The van der Waals surface area contributed by atoms with Gasteiger partial charge in [-0.3, -0.25) is 14.4 Å². The van der Waals surface area contributed by atoms with Crippen LogP contribution in [0.5, 0.6) is 0 Å². The third kappa shape index (κ3) is 3.90. The van der Waals surface area contributed by atoms with Crippen molar-refractivity contribution >= 4 is 17.6 Å². The van der Waals surface area contributed by atoms with Crippen molar-refractivity contribution in [1.29, 1.82) is 0 Å². The molecule has 2 fully saturated rings. The Labute approximate surface area is 147 Å². The third-order valence-electron chi connectivity index (χ3n) is 4.97. The third-order valence-corrected chi connectivity index (χ3v) is 4.97. The summed E-state index contributed by atoms with van der Waals surface area (Å²) >= 11 is 0. The molecule has 0 radical (unpaired) electrons. The van der Waals surface area contributed by atoms with Crippen molar-refractivity contribution in [2.45, 2.75) is 25.8 Å². The fourth-order valence-electron chi connectivity index (χ4n) is 3.55. The van der Waals surface area contributed by atoms with E-state index >= 15 is 0 Å². The van der Waals surface area contributed by atoms with E-state index in [4.69, 9.17) is 4.74 Å². The smallest absolute Gasteiger partial charge is 0.228 e. The fraction of sp³-hybridized carbons (Fsp3) is 0.526. The van der Waals surface area contributed by atoms with E-state index in [0.29, 0.717) is 38.4 Å². The standard InChI is InChI=1S/C19H24N2O4/c1-2-20-12-15(10-18(20)23)19(24)21-8-9-25-13-16(21)11-17(22)14-6-4-3-5-7-14/h3-7,15-16H,2,8-13H2,1H3/t15-,16-/m1/s1. The van der Waals surface area contributed by atoms with Crippen molar-refractivity contribution in [3.05, 3.63) is 35.9 Å². The van der Waals surface area contributed by atoms with Gasteiger partial charge < -0.3 is 14.5 Å². The van der Waals surface area contributed by atoms with Gasteiger partial charge in [-0.25, -0.2) is 0 Å². The first-order chi connectivity index (χ1) is 12.1. The molecule has 2 saturated heterocycles. The van der Waals surface area contributed by atoms with Gasteiger partial charge in [-0.2, -0.15) is 0 Å². The largest absolute Gasteiger partial charge is 0.377 e. The lowest BCUT2D eigenvalue weighted by atomic mass is 10.00. The molecule has 2 atom stereocenters. The molecule has 0 bridgehead atoms. The van der Waals surface area contributed by atoms with Gasteiger partial charge in [0.25, 0.3) is 0 Å². The van der Waals surface area contributed by atoms with Crippen LogP contribution in [0.2, 0.25) is 0 Å². The molecule has 0 N–H and O–H groups in total. The number of nitrogens with zero attached hydrogens (tertiary/aromatic N) is 2. The minimum atomic E-state index is -0.306. The second-order valence-corrected chi connectivity index (χ2v) is 6.59. The van der Waals surface area contributed by atoms with E-state index in [1.165, 1.54) is 0 Å². The number of carbonyl (C=O) groups is 3. The van der Waals surface area contributed by atoms with Crippen LogP contribution < -0.4 is 0 Å². The summed E-state index contributed by atoms with van der Waals surface area (Å²) in [5.41, 5.74) is 0.647. The van der Waals surface area contributed by atoms with E-state index in [2.05, 4.69) is 0 Å². The molecule has 3 rings (SSSR count). The van der Waals surface area contributed by atoms with Crippen molar-refractivity contribution in [2.75, 3.05) is 32.8 Å². The maximum atomic E-state index is 12.9. The van der Waals surface area contributed by atoms with E-state index in [9.17, 15) is 14.4 Å². The number of ketones is 1. The van der Waals surface area contributed by atoms with Crippen LogP contribution >= 0.6 is 0 Å². The number of hydrogen-bond donors (Lipinski definition) is 0. The van der Waals surface area contributed by atoms with Crippen LogP contribution in [-0.4, -0.2) is 66.3 Å². The number of benzene rings is 1. The van der Waals surface area contributed by atoms with Gasteiger partial charge in [0.2, 0.25) is 11.8 Å². The van der Waals surface area contributed by atoms with E-state index in [-0.39, 0.29) is 42.4 Å². The predicted octanol–water partition coefficient (Wildman–Crippen LogP) is 1.36. The summed E-state index contributed by atoms with van der Waals surface area (Å²) in [4.78, 5) is 40.8. The zero-order valence-corrected chi connectivity index (χ0v) is 14.5. The molecule has 25 heavy (non-hydrogen) atoms. The Hall–Kier alpha value is -2.21. The highest BCUT2D eigenvalue weighted by atomic mass is 16.5. The average molecular weight is 344 g/mol. The quantitative estimate of drug-likeness (QED) is 0.757. The molecule has 2 amide bonds. The Balaban J connectivity index is 1.67. The van der Waals surface area contributed by atoms with Crippen LogP contribution in [0.15, 0.2) is 30.3 Å². The van der Waals surface area contributed by atoms with E-state index in [1.807, 2.05) is 25.1 Å². The lowest BCUT2D eigenvalue weighted by Gasteiger charge is -2.36. The van der Waals surface area contributed by atoms with Crippen molar-refractivity contribution in [1.82, 2.24) is 9.80 Å². The van der Waals surface area contributed by atoms with Crippen LogP contribution in [-0.2, 0) is 14.3 Å². The molecule has 0 aromatic heterocycles. The number of amides is 2. The van der Waals surface area contributed by atoms with Crippen LogP contribution in [0.1, 0.15) is 30.1 Å². The number of morpholine rings is 1. The Morgan fingerprint density at radius 1 is 1.24 bits per heavy atom. The predicted molar refractivity (Wildman–Crippen MR) is 92.1 cm³/mol. The molecule has 134 valence electrons. The average Bonchev–Trinajstić information content (AvgIpc) is 3.03. The highest BCUT2D eigenvalue weighted by Gasteiger charge is 2.39. The molecule has 1 aromatic rings. The number of carbonyl (C=O) groups excluding carboxylic acids is 3. The summed E-state index contributed by atoms with van der Waals surface area (Å²) in [6.07, 6.45) is 0.511. The first kappa shape index (κ1) is 17.6. The normalized spacial score (nSPS) is 23.8. The molecule has 2 aliphatic heterocycles. The SMILES string of the molecule is CCN1C[C@H](C(=O)N2CCOC[C@H]2CC(=O)c2ccccc2)CC1=O. The van der Waals surface area contributed by atoms with Crippen LogP contribution in [0, 0.1) is 5.92 Å². The molecular formula is C19H24N2O4.